The van der Waals surface area contributed by atoms with Crippen molar-refractivity contribution >= 4 is 35.1 Å². The fourth-order valence-corrected chi connectivity index (χ4v) is 6.95. The minimum atomic E-state index is -1.22. The number of likely N-dealkylation sites (tertiary alicyclic amines) is 1. The molecule has 0 saturated carbocycles. The molecule has 4 rings (SSSR count). The van der Waals surface area contributed by atoms with Crippen LogP contribution in [0.1, 0.15) is 32.3 Å². The Morgan fingerprint density at radius 2 is 2.08 bits per heavy atom. The van der Waals surface area contributed by atoms with Gasteiger partial charge in [0.2, 0.25) is 5.91 Å². The van der Waals surface area contributed by atoms with Crippen LogP contribution in [-0.2, 0) is 23.9 Å². The number of benzene rings is 1. The van der Waals surface area contributed by atoms with Gasteiger partial charge in [-0.1, -0.05) is 49.4 Å². The number of anilines is 1. The van der Waals surface area contributed by atoms with Gasteiger partial charge >= 0.3 is 5.97 Å². The molecule has 3 saturated heterocycles. The van der Waals surface area contributed by atoms with Crippen molar-refractivity contribution in [2.45, 2.75) is 50.9 Å². The number of amides is 2. The van der Waals surface area contributed by atoms with E-state index in [9.17, 15) is 19.5 Å². The molecule has 200 valence electrons. The highest BCUT2D eigenvalue weighted by molar-refractivity contribution is 6.34. The maximum Gasteiger partial charge on any atom is 0.313 e. The van der Waals surface area contributed by atoms with Gasteiger partial charge in [-0.2, -0.15) is 0 Å². The lowest BCUT2D eigenvalue weighted by molar-refractivity contribution is -0.160. The topological polar surface area (TPSA) is 96.4 Å². The number of aliphatic hydroxyl groups is 1. The van der Waals surface area contributed by atoms with E-state index in [1.165, 1.54) is 11.0 Å². The van der Waals surface area contributed by atoms with Gasteiger partial charge in [-0.3, -0.25) is 14.4 Å². The highest BCUT2D eigenvalue weighted by Crippen LogP contribution is 2.65. The van der Waals surface area contributed by atoms with Crippen LogP contribution in [0.3, 0.4) is 0 Å². The Bertz CT molecular complexity index is 1100. The lowest BCUT2D eigenvalue weighted by Crippen LogP contribution is -2.57. The first-order chi connectivity index (χ1) is 17.6. The summed E-state index contributed by atoms with van der Waals surface area (Å²) >= 11 is 6.56. The second kappa shape index (κ2) is 10.2. The Hall–Kier alpha value is -2.68. The zero-order valence-electron chi connectivity index (χ0n) is 21.6. The Morgan fingerprint density at radius 3 is 2.70 bits per heavy atom. The summed E-state index contributed by atoms with van der Waals surface area (Å²) in [7, 11) is 0. The van der Waals surface area contributed by atoms with Gasteiger partial charge in [-0.05, 0) is 44.2 Å². The first kappa shape index (κ1) is 27.4. The number of hydrogen-bond donors (Lipinski definition) is 1. The fraction of sp³-hybridized carbons (Fsp3) is 0.536. The molecule has 3 aliphatic heterocycles. The molecule has 6 atom stereocenters. The third-order valence-electron chi connectivity index (χ3n) is 8.24. The molecule has 37 heavy (non-hydrogen) atoms. The summed E-state index contributed by atoms with van der Waals surface area (Å²) in [5, 5.41) is 9.96. The molecule has 8 nitrogen and oxygen atoms in total. The SMILES string of the molecule is C=CCOC(=O)[C@@H]1[C@H]2C(=O)N(CCCO)C(C(=O)N(CC=C)c3c(C)cccc3Cl)C23CC(C)[C@@]1(C)O3. The van der Waals surface area contributed by atoms with E-state index >= 15 is 0 Å². The molecule has 3 heterocycles. The predicted octanol–water partition coefficient (Wildman–Crippen LogP) is 3.29. The second-order valence-electron chi connectivity index (χ2n) is 10.4. The first-order valence-electron chi connectivity index (χ1n) is 12.7. The molecule has 3 aliphatic rings. The summed E-state index contributed by atoms with van der Waals surface area (Å²) in [6.07, 6.45) is 3.80. The molecular weight excluding hydrogens is 496 g/mol. The van der Waals surface area contributed by atoms with Crippen LogP contribution in [0.2, 0.25) is 5.02 Å². The van der Waals surface area contributed by atoms with E-state index in [-0.39, 0.29) is 50.5 Å². The van der Waals surface area contributed by atoms with Gasteiger partial charge in [-0.25, -0.2) is 0 Å². The van der Waals surface area contributed by atoms with E-state index in [2.05, 4.69) is 13.2 Å². The number of rotatable bonds is 10. The van der Waals surface area contributed by atoms with Crippen LogP contribution in [-0.4, -0.2) is 71.3 Å². The monoisotopic (exact) mass is 530 g/mol. The molecule has 1 aromatic carbocycles. The van der Waals surface area contributed by atoms with Crippen molar-refractivity contribution in [2.24, 2.45) is 17.8 Å². The molecule has 1 aromatic rings. The Labute approximate surface area is 222 Å². The molecule has 3 fully saturated rings. The van der Waals surface area contributed by atoms with Crippen LogP contribution in [0.4, 0.5) is 5.69 Å². The highest BCUT2D eigenvalue weighted by Gasteiger charge is 2.80. The van der Waals surface area contributed by atoms with Crippen molar-refractivity contribution in [3.8, 4) is 0 Å². The Morgan fingerprint density at radius 1 is 1.35 bits per heavy atom. The number of fused-ring (bicyclic) bond motifs is 1. The molecule has 9 heteroatoms. The zero-order valence-corrected chi connectivity index (χ0v) is 22.4. The molecule has 2 bridgehead atoms. The van der Waals surface area contributed by atoms with Crippen LogP contribution in [0.5, 0.6) is 0 Å². The van der Waals surface area contributed by atoms with E-state index in [1.54, 1.807) is 17.0 Å². The number of nitrogens with zero attached hydrogens (tertiary/aromatic N) is 2. The number of halogens is 1. The minimum Gasteiger partial charge on any atom is -0.461 e. The minimum absolute atomic E-state index is 0.0170. The maximum absolute atomic E-state index is 14.5. The summed E-state index contributed by atoms with van der Waals surface area (Å²) in [6.45, 7) is 13.3. The van der Waals surface area contributed by atoms with Gasteiger partial charge < -0.3 is 24.4 Å². The lowest BCUT2D eigenvalue weighted by atomic mass is 9.62. The van der Waals surface area contributed by atoms with Crippen molar-refractivity contribution in [1.29, 1.82) is 0 Å². The highest BCUT2D eigenvalue weighted by atomic mass is 35.5. The molecule has 3 unspecified atom stereocenters. The molecule has 1 N–H and O–H groups in total. The van der Waals surface area contributed by atoms with Crippen molar-refractivity contribution in [1.82, 2.24) is 4.90 Å². The van der Waals surface area contributed by atoms with Crippen LogP contribution in [0.15, 0.2) is 43.5 Å². The molecule has 0 aliphatic carbocycles. The first-order valence-corrected chi connectivity index (χ1v) is 13.0. The average molecular weight is 531 g/mol. The van der Waals surface area contributed by atoms with Crippen molar-refractivity contribution < 1.29 is 29.0 Å². The van der Waals surface area contributed by atoms with Gasteiger partial charge in [0.15, 0.2) is 0 Å². The average Bonchev–Trinajstić information content (AvgIpc) is 3.36. The number of ether oxygens (including phenoxy) is 2. The van der Waals surface area contributed by atoms with Gasteiger partial charge in [0, 0.05) is 19.7 Å². The molecular formula is C28H35ClN2O6. The van der Waals surface area contributed by atoms with E-state index in [0.717, 1.165) is 5.56 Å². The number of aliphatic hydroxyl groups excluding tert-OH is 1. The number of aryl methyl sites for hydroxylation is 1. The quantitative estimate of drug-likeness (QED) is 0.368. The molecule has 0 aromatic heterocycles. The number of carbonyl (C=O) groups is 3. The summed E-state index contributed by atoms with van der Waals surface area (Å²) in [4.78, 5) is 44.8. The van der Waals surface area contributed by atoms with E-state index in [4.69, 9.17) is 21.1 Å². The van der Waals surface area contributed by atoms with E-state index in [1.807, 2.05) is 32.9 Å². The summed E-state index contributed by atoms with van der Waals surface area (Å²) in [5.41, 5.74) is -0.850. The lowest BCUT2D eigenvalue weighted by Gasteiger charge is -2.37. The molecule has 2 amide bonds. The summed E-state index contributed by atoms with van der Waals surface area (Å²) < 4.78 is 12.1. The van der Waals surface area contributed by atoms with Crippen molar-refractivity contribution in [2.75, 3.05) is 31.2 Å². The largest absolute Gasteiger partial charge is 0.461 e. The summed E-state index contributed by atoms with van der Waals surface area (Å²) in [6, 6.07) is 4.38. The van der Waals surface area contributed by atoms with Crippen molar-refractivity contribution in [3.05, 3.63) is 54.1 Å². The van der Waals surface area contributed by atoms with Gasteiger partial charge in [0.1, 0.15) is 24.2 Å². The smallest absolute Gasteiger partial charge is 0.313 e. The fourth-order valence-electron chi connectivity index (χ4n) is 6.62. The third kappa shape index (κ3) is 4.10. The van der Waals surface area contributed by atoms with Crippen LogP contribution < -0.4 is 4.90 Å². The summed E-state index contributed by atoms with van der Waals surface area (Å²) in [5.74, 6) is -3.08. The maximum atomic E-state index is 14.5. The molecule has 1 spiro atoms. The van der Waals surface area contributed by atoms with E-state index < -0.39 is 35.0 Å². The normalized spacial score (nSPS) is 31.8. The van der Waals surface area contributed by atoms with Gasteiger partial charge in [0.05, 0.1) is 22.2 Å². The van der Waals surface area contributed by atoms with E-state index in [0.29, 0.717) is 17.1 Å². The Balaban J connectivity index is 1.84. The van der Waals surface area contributed by atoms with Gasteiger partial charge in [0.25, 0.3) is 5.91 Å². The number of carbonyl (C=O) groups excluding carboxylic acids is 3. The third-order valence-corrected chi connectivity index (χ3v) is 8.54. The van der Waals surface area contributed by atoms with Crippen LogP contribution in [0, 0.1) is 24.7 Å². The second-order valence-corrected chi connectivity index (χ2v) is 10.8. The number of hydrogen-bond acceptors (Lipinski definition) is 6. The standard InChI is InChI=1S/C28H35ClN2O6/c1-6-12-30(22-17(3)10-8-11-19(22)29)25(34)23-28-16-18(4)27(5,37-28)21(26(35)36-15-7-2)20(28)24(33)31(23)13-9-14-32/h6-8,10-11,18,20-21,23,32H,1-2,9,12-16H2,3-5H3/t18?,20-,21-,23?,27+,28?/m0/s1. The van der Waals surface area contributed by atoms with Crippen LogP contribution in [0.25, 0.3) is 0 Å². The zero-order chi connectivity index (χ0) is 27.1. The Kier molecular flexibility index (Phi) is 7.57. The van der Waals surface area contributed by atoms with Crippen molar-refractivity contribution in [3.63, 3.8) is 0 Å². The van der Waals surface area contributed by atoms with Gasteiger partial charge in [-0.15, -0.1) is 6.58 Å². The molecule has 0 radical (unpaired) electrons. The number of para-hydroxylation sites is 1. The predicted molar refractivity (Wildman–Crippen MR) is 140 cm³/mol. The number of esters is 1. The van der Waals surface area contributed by atoms with Crippen LogP contribution >= 0.6 is 11.6 Å².